The molecule has 2 N–H and O–H groups in total. The quantitative estimate of drug-likeness (QED) is 0.595. The zero-order valence-electron chi connectivity index (χ0n) is 14.3. The molecule has 0 saturated carbocycles. The lowest BCUT2D eigenvalue weighted by atomic mass is 10.0. The zero-order chi connectivity index (χ0) is 18.8. The van der Waals surface area contributed by atoms with Crippen LogP contribution in [-0.2, 0) is 4.79 Å². The maximum atomic E-state index is 11.4. The molecule has 0 spiro atoms. The van der Waals surface area contributed by atoms with Crippen LogP contribution in [0.25, 0.3) is 0 Å². The Morgan fingerprint density at radius 2 is 1.42 bits per heavy atom. The molecule has 6 heteroatoms. The topological polar surface area (TPSA) is 93.1 Å². The third kappa shape index (κ3) is 6.47. The van der Waals surface area contributed by atoms with E-state index in [1.54, 1.807) is 12.1 Å². The maximum absolute atomic E-state index is 11.4. The van der Waals surface area contributed by atoms with Crippen molar-refractivity contribution in [1.29, 1.82) is 0 Å². The Balaban J connectivity index is 1.70. The van der Waals surface area contributed by atoms with E-state index in [4.69, 9.17) is 14.6 Å². The molecule has 0 heterocycles. The number of aliphatic carboxylic acids is 1. The fourth-order valence-corrected chi connectivity index (χ4v) is 2.44. The van der Waals surface area contributed by atoms with Gasteiger partial charge in [0.1, 0.15) is 11.5 Å². The normalized spacial score (nSPS) is 11.5. The summed E-state index contributed by atoms with van der Waals surface area (Å²) in [5.74, 6) is -1.07. The van der Waals surface area contributed by atoms with Crippen LogP contribution < -0.4 is 9.47 Å². The highest BCUT2D eigenvalue weighted by atomic mass is 16.5. The van der Waals surface area contributed by atoms with Crippen LogP contribution in [-0.4, -0.2) is 35.4 Å². The first kappa shape index (κ1) is 19.3. The summed E-state index contributed by atoms with van der Waals surface area (Å²) in [5, 5.41) is 18.2. The first-order valence-electron chi connectivity index (χ1n) is 8.43. The Hall–Kier alpha value is -3.02. The van der Waals surface area contributed by atoms with Crippen molar-refractivity contribution in [3.05, 3.63) is 60.2 Å². The van der Waals surface area contributed by atoms with Gasteiger partial charge in [0.25, 0.3) is 0 Å². The zero-order valence-corrected chi connectivity index (χ0v) is 14.3. The standard InChI is InChI=1S/C20H22O6/c21-19(22)15(5-4-13-25-17-6-2-1-3-7-17)12-14-26-18-10-8-16(9-11-18)20(23)24/h1-3,6-11,15H,4-5,12-14H2,(H,21,22)(H,23,24). The second-order valence-corrected chi connectivity index (χ2v) is 5.81. The molecule has 2 rings (SSSR count). The number of benzene rings is 2. The van der Waals surface area contributed by atoms with Crippen molar-refractivity contribution in [2.75, 3.05) is 13.2 Å². The van der Waals surface area contributed by atoms with Crippen molar-refractivity contribution in [1.82, 2.24) is 0 Å². The average molecular weight is 358 g/mol. The summed E-state index contributed by atoms with van der Waals surface area (Å²) in [6.45, 7) is 0.716. The highest BCUT2D eigenvalue weighted by Crippen LogP contribution is 2.17. The third-order valence-corrected chi connectivity index (χ3v) is 3.89. The van der Waals surface area contributed by atoms with Crippen molar-refractivity contribution in [3.8, 4) is 11.5 Å². The summed E-state index contributed by atoms with van der Waals surface area (Å²) < 4.78 is 11.1. The second kappa shape index (κ2) is 10.1. The number of ether oxygens (including phenoxy) is 2. The summed E-state index contributed by atoms with van der Waals surface area (Å²) >= 11 is 0. The molecule has 26 heavy (non-hydrogen) atoms. The van der Waals surface area contributed by atoms with Crippen molar-refractivity contribution in [2.24, 2.45) is 5.92 Å². The monoisotopic (exact) mass is 358 g/mol. The largest absolute Gasteiger partial charge is 0.494 e. The summed E-state index contributed by atoms with van der Waals surface area (Å²) in [7, 11) is 0. The molecule has 0 aliphatic rings. The van der Waals surface area contributed by atoms with Crippen LogP contribution in [0.4, 0.5) is 0 Å². The van der Waals surface area contributed by atoms with Gasteiger partial charge in [0.2, 0.25) is 0 Å². The Labute approximate surface area is 152 Å². The van der Waals surface area contributed by atoms with Gasteiger partial charge in [0.15, 0.2) is 0 Å². The van der Waals surface area contributed by atoms with Crippen LogP contribution in [0.5, 0.6) is 11.5 Å². The predicted molar refractivity (Wildman–Crippen MR) is 95.8 cm³/mol. The number of carboxylic acid groups (broad SMARTS) is 2. The molecule has 2 aromatic rings. The van der Waals surface area contributed by atoms with Crippen molar-refractivity contribution >= 4 is 11.9 Å². The number of carboxylic acids is 2. The van der Waals surface area contributed by atoms with Crippen LogP contribution in [0.2, 0.25) is 0 Å². The molecule has 2 aromatic carbocycles. The van der Waals surface area contributed by atoms with Crippen molar-refractivity contribution in [3.63, 3.8) is 0 Å². The van der Waals surface area contributed by atoms with Gasteiger partial charge in [-0.05, 0) is 55.7 Å². The number of carbonyl (C=O) groups is 2. The van der Waals surface area contributed by atoms with E-state index >= 15 is 0 Å². The first-order chi connectivity index (χ1) is 12.6. The van der Waals surface area contributed by atoms with Gasteiger partial charge in [-0.15, -0.1) is 0 Å². The van der Waals surface area contributed by atoms with E-state index in [0.29, 0.717) is 31.6 Å². The van der Waals surface area contributed by atoms with Gasteiger partial charge in [-0.1, -0.05) is 18.2 Å². The van der Waals surface area contributed by atoms with Gasteiger partial charge >= 0.3 is 11.9 Å². The Morgan fingerprint density at radius 3 is 2.04 bits per heavy atom. The predicted octanol–water partition coefficient (Wildman–Crippen LogP) is 3.71. The van der Waals surface area contributed by atoms with Gasteiger partial charge in [-0.3, -0.25) is 4.79 Å². The van der Waals surface area contributed by atoms with Gasteiger partial charge in [-0.2, -0.15) is 0 Å². The van der Waals surface area contributed by atoms with Gasteiger partial charge in [0.05, 0.1) is 24.7 Å². The van der Waals surface area contributed by atoms with E-state index in [9.17, 15) is 14.7 Å². The molecule has 138 valence electrons. The molecule has 1 unspecified atom stereocenters. The molecule has 1 atom stereocenters. The minimum absolute atomic E-state index is 0.180. The van der Waals surface area contributed by atoms with Crippen LogP contribution in [0.3, 0.4) is 0 Å². The average Bonchev–Trinajstić information content (AvgIpc) is 2.64. The minimum atomic E-state index is -1.000. The molecule has 0 aliphatic heterocycles. The summed E-state index contributed by atoms with van der Waals surface area (Å²) in [4.78, 5) is 22.2. The lowest BCUT2D eigenvalue weighted by Crippen LogP contribution is -2.18. The van der Waals surface area contributed by atoms with Gasteiger partial charge in [0, 0.05) is 0 Å². The number of aromatic carboxylic acids is 1. The van der Waals surface area contributed by atoms with E-state index in [-0.39, 0.29) is 12.2 Å². The number of hydrogen-bond donors (Lipinski definition) is 2. The molecular weight excluding hydrogens is 336 g/mol. The number of para-hydroxylation sites is 1. The molecule has 6 nitrogen and oxygen atoms in total. The van der Waals surface area contributed by atoms with E-state index in [2.05, 4.69) is 0 Å². The fourth-order valence-electron chi connectivity index (χ4n) is 2.44. The number of hydrogen-bond acceptors (Lipinski definition) is 4. The third-order valence-electron chi connectivity index (χ3n) is 3.89. The lowest BCUT2D eigenvalue weighted by Gasteiger charge is -2.13. The van der Waals surface area contributed by atoms with E-state index in [0.717, 1.165) is 5.75 Å². The highest BCUT2D eigenvalue weighted by Gasteiger charge is 2.17. The van der Waals surface area contributed by atoms with Gasteiger partial charge < -0.3 is 19.7 Å². The molecular formula is C20H22O6. The molecule has 0 aliphatic carbocycles. The van der Waals surface area contributed by atoms with Gasteiger partial charge in [-0.25, -0.2) is 4.79 Å². The minimum Gasteiger partial charge on any atom is -0.494 e. The molecule has 0 saturated heterocycles. The second-order valence-electron chi connectivity index (χ2n) is 5.81. The van der Waals surface area contributed by atoms with Crippen LogP contribution in [0.1, 0.15) is 29.6 Å². The fraction of sp³-hybridized carbons (Fsp3) is 0.300. The lowest BCUT2D eigenvalue weighted by molar-refractivity contribution is -0.142. The van der Waals surface area contributed by atoms with Crippen LogP contribution in [0, 0.1) is 5.92 Å². The summed E-state index contributed by atoms with van der Waals surface area (Å²) in [6.07, 6.45) is 1.52. The molecule has 0 aromatic heterocycles. The first-order valence-corrected chi connectivity index (χ1v) is 8.43. The van der Waals surface area contributed by atoms with Crippen LogP contribution >= 0.6 is 0 Å². The SMILES string of the molecule is O=C(O)c1ccc(OCCC(CCCOc2ccccc2)C(=O)O)cc1. The smallest absolute Gasteiger partial charge is 0.335 e. The molecule has 0 fully saturated rings. The van der Waals surface area contributed by atoms with E-state index in [1.165, 1.54) is 12.1 Å². The maximum Gasteiger partial charge on any atom is 0.335 e. The molecule has 0 amide bonds. The Morgan fingerprint density at radius 1 is 0.808 bits per heavy atom. The van der Waals surface area contributed by atoms with E-state index < -0.39 is 17.9 Å². The summed E-state index contributed by atoms with van der Waals surface area (Å²) in [6, 6.07) is 15.4. The Bertz CT molecular complexity index is 696. The molecule has 0 radical (unpaired) electrons. The number of rotatable bonds is 11. The van der Waals surface area contributed by atoms with Crippen molar-refractivity contribution in [2.45, 2.75) is 19.3 Å². The summed E-state index contributed by atoms with van der Waals surface area (Å²) in [5.41, 5.74) is 0.180. The van der Waals surface area contributed by atoms with Crippen LogP contribution in [0.15, 0.2) is 54.6 Å². The Kier molecular flexibility index (Phi) is 7.49. The molecule has 0 bridgehead atoms. The van der Waals surface area contributed by atoms with E-state index in [1.807, 2.05) is 30.3 Å². The van der Waals surface area contributed by atoms with Crippen molar-refractivity contribution < 1.29 is 29.3 Å². The highest BCUT2D eigenvalue weighted by molar-refractivity contribution is 5.87.